The molecule has 2 aromatic heterocycles. The van der Waals surface area contributed by atoms with Crippen molar-refractivity contribution in [3.05, 3.63) is 6.33 Å². The van der Waals surface area contributed by atoms with Crippen molar-refractivity contribution in [3.8, 4) is 5.88 Å². The van der Waals surface area contributed by atoms with E-state index in [2.05, 4.69) is 25.4 Å². The molecule has 0 spiro atoms. The number of aliphatic hydroxyl groups is 2. The van der Waals surface area contributed by atoms with Crippen molar-refractivity contribution < 1.29 is 47.9 Å². The maximum Gasteiger partial charge on any atom is 0.327 e. The Morgan fingerprint density at radius 3 is 2.71 bits per heavy atom. The smallest absolute Gasteiger partial charge is 0.327 e. The van der Waals surface area contributed by atoms with Gasteiger partial charge < -0.3 is 34.7 Å². The van der Waals surface area contributed by atoms with E-state index in [4.69, 9.17) is 24.5 Å². The molecule has 0 bridgehead atoms. The summed E-state index contributed by atoms with van der Waals surface area (Å²) in [4.78, 5) is 48.4. The van der Waals surface area contributed by atoms with Crippen molar-refractivity contribution in [3.63, 3.8) is 0 Å². The normalized spacial score (nSPS) is 28.2. The van der Waals surface area contributed by atoms with Gasteiger partial charge in [-0.15, -0.1) is 0 Å². The molecule has 42 heavy (non-hydrogen) atoms. The number of nitrogens with zero attached hydrogens (tertiary/aromatic N) is 4. The molecule has 7 atom stereocenters. The quantitative estimate of drug-likeness (QED) is 0.116. The number of fused-ring (bicyclic) bond motifs is 1. The van der Waals surface area contributed by atoms with Crippen LogP contribution in [0.3, 0.4) is 0 Å². The van der Waals surface area contributed by atoms with Gasteiger partial charge in [0.05, 0.1) is 32.1 Å². The maximum absolute atomic E-state index is 13.9. The first-order valence-electron chi connectivity index (χ1n) is 13.0. The zero-order valence-electron chi connectivity index (χ0n) is 23.5. The number of anilines is 1. The summed E-state index contributed by atoms with van der Waals surface area (Å²) in [6, 6.07) is -1.08. The number of methoxy groups -OCH3 is 1. The summed E-state index contributed by atoms with van der Waals surface area (Å²) in [6.07, 6.45) is -3.19. The summed E-state index contributed by atoms with van der Waals surface area (Å²) < 4.78 is 37.3. The first-order chi connectivity index (χ1) is 19.6. The summed E-state index contributed by atoms with van der Waals surface area (Å²) in [7, 11) is 1.38. The highest BCUT2D eigenvalue weighted by atomic mass is 32.7. The average Bonchev–Trinajstić information content (AvgIpc) is 3.53. The van der Waals surface area contributed by atoms with Crippen molar-refractivity contribution in [2.75, 3.05) is 25.2 Å². The number of nitrogens with one attached hydrogen (secondary N) is 2. The zero-order valence-corrected chi connectivity index (χ0v) is 25.3. The number of nitrogens with two attached hydrogens (primary N) is 1. The number of hydrogen-bond donors (Lipinski definition) is 5. The van der Waals surface area contributed by atoms with Crippen LogP contribution in [0.4, 0.5) is 5.95 Å². The second-order valence-electron chi connectivity index (χ2n) is 10.4. The van der Waals surface area contributed by atoms with Gasteiger partial charge in [-0.3, -0.25) is 28.8 Å². The molecule has 2 aliphatic rings. The van der Waals surface area contributed by atoms with Gasteiger partial charge in [-0.25, -0.2) is 10.1 Å². The van der Waals surface area contributed by atoms with Crippen molar-refractivity contribution in [2.45, 2.75) is 70.3 Å². The highest BCUT2D eigenvalue weighted by Gasteiger charge is 2.54. The number of aliphatic hydroxyl groups excluding tert-OH is 1. The molecule has 4 heterocycles. The fourth-order valence-electron chi connectivity index (χ4n) is 4.44. The standard InChI is InChI=1S/C23H34N7O10PS/c1-10(2)39-20(34)11(3)29-41(36,42-8-12-6-14(31)26-18(12)33)38-7-13-16(32)23(4,35)21(40-13)30-9-25-15-17(30)27-22(24)28-19(15)37-5/h9-13,16,21,32,35H,6-8H2,1-5H3,(H,29,36)(H2,24,27,28)(H,26,31,33)/t11-,12?,13+,16+,21?,23+,41?/m0/s1. The summed E-state index contributed by atoms with van der Waals surface area (Å²) in [6.45, 7) is 1.59. The largest absolute Gasteiger partial charge is 0.479 e. The zero-order chi connectivity index (χ0) is 31.0. The van der Waals surface area contributed by atoms with Gasteiger partial charge in [-0.05, 0) is 27.7 Å². The molecule has 2 saturated heterocycles. The summed E-state index contributed by atoms with van der Waals surface area (Å²) in [5.74, 6) is -2.48. The number of carbonyl (C=O) groups is 3. The summed E-state index contributed by atoms with van der Waals surface area (Å²) >= 11 is 0.724. The number of hydrogen-bond acceptors (Lipinski definition) is 15. The molecule has 0 saturated carbocycles. The van der Waals surface area contributed by atoms with Crippen LogP contribution < -0.4 is 20.9 Å². The lowest BCUT2D eigenvalue weighted by atomic mass is 9.96. The highest BCUT2D eigenvalue weighted by molar-refractivity contribution is 8.56. The third-order valence-electron chi connectivity index (χ3n) is 6.58. The molecular weight excluding hydrogens is 597 g/mol. The van der Waals surface area contributed by atoms with Gasteiger partial charge in [0.15, 0.2) is 17.4 Å². The molecule has 3 unspecified atom stereocenters. The number of carbonyl (C=O) groups excluding carboxylic acids is 3. The minimum Gasteiger partial charge on any atom is -0.479 e. The molecule has 0 aromatic carbocycles. The van der Waals surface area contributed by atoms with E-state index in [1.165, 1.54) is 31.9 Å². The Hall–Kier alpha value is -2.86. The average molecular weight is 632 g/mol. The number of nitrogen functional groups attached to an aromatic ring is 1. The van der Waals surface area contributed by atoms with Crippen LogP contribution in [0.25, 0.3) is 11.2 Å². The van der Waals surface area contributed by atoms with Crippen LogP contribution in [0.5, 0.6) is 5.88 Å². The van der Waals surface area contributed by atoms with E-state index in [0.29, 0.717) is 0 Å². The molecular formula is C23H34N7O10PS. The number of imidazole rings is 1. The Morgan fingerprint density at radius 2 is 2.10 bits per heavy atom. The van der Waals surface area contributed by atoms with E-state index in [-0.39, 0.29) is 35.2 Å². The van der Waals surface area contributed by atoms with Gasteiger partial charge in [0.1, 0.15) is 23.9 Å². The fraction of sp³-hybridized carbons (Fsp3) is 0.652. The molecule has 2 aromatic rings. The van der Waals surface area contributed by atoms with Crippen LogP contribution in [0, 0.1) is 5.92 Å². The van der Waals surface area contributed by atoms with E-state index in [9.17, 15) is 29.2 Å². The van der Waals surface area contributed by atoms with Gasteiger partial charge in [0.25, 0.3) is 0 Å². The van der Waals surface area contributed by atoms with Crippen LogP contribution in [0.1, 0.15) is 40.3 Å². The second kappa shape index (κ2) is 12.4. The van der Waals surface area contributed by atoms with Gasteiger partial charge in [0.2, 0.25) is 23.6 Å². The van der Waals surface area contributed by atoms with Crippen molar-refractivity contribution >= 4 is 53.0 Å². The second-order valence-corrected chi connectivity index (χ2v) is 14.7. The van der Waals surface area contributed by atoms with Crippen LogP contribution in [-0.4, -0.2) is 96.9 Å². The lowest BCUT2D eigenvalue weighted by molar-refractivity contribution is -0.149. The van der Waals surface area contributed by atoms with Gasteiger partial charge in [-0.1, -0.05) is 11.4 Å². The number of rotatable bonds is 12. The Bertz CT molecular complexity index is 1410. The predicted molar refractivity (Wildman–Crippen MR) is 148 cm³/mol. The highest BCUT2D eigenvalue weighted by Crippen LogP contribution is 2.58. The fourth-order valence-corrected chi connectivity index (χ4v) is 8.46. The van der Waals surface area contributed by atoms with Crippen molar-refractivity contribution in [1.29, 1.82) is 0 Å². The van der Waals surface area contributed by atoms with Crippen molar-refractivity contribution in [2.24, 2.45) is 5.92 Å². The van der Waals surface area contributed by atoms with Gasteiger partial charge in [0, 0.05) is 12.2 Å². The Morgan fingerprint density at radius 1 is 1.38 bits per heavy atom. The SMILES string of the molecule is COc1nc(N)nc2c1ncn2C1O[C@H](COP(=O)(N[C@@H](C)C(=O)OC(C)C)SCC2CC(=O)NC2=O)[C@@H](O)[C@@]1(C)O. The van der Waals surface area contributed by atoms with E-state index in [1.54, 1.807) is 13.8 Å². The van der Waals surface area contributed by atoms with Gasteiger partial charge in [-0.2, -0.15) is 9.97 Å². The predicted octanol–water partition coefficient (Wildman–Crippen LogP) is -0.123. The van der Waals surface area contributed by atoms with Crippen molar-refractivity contribution in [1.82, 2.24) is 29.9 Å². The first-order valence-corrected chi connectivity index (χ1v) is 16.2. The van der Waals surface area contributed by atoms with E-state index >= 15 is 0 Å². The monoisotopic (exact) mass is 631 g/mol. The number of imide groups is 1. The molecule has 2 amide bonds. The van der Waals surface area contributed by atoms with Gasteiger partial charge >= 0.3 is 12.7 Å². The van der Waals surface area contributed by atoms with Crippen LogP contribution in [-0.2, 0) is 32.9 Å². The summed E-state index contributed by atoms with van der Waals surface area (Å²) in [5.41, 5.74) is 4.29. The minimum absolute atomic E-state index is 0.0633. The van der Waals surface area contributed by atoms with Crippen LogP contribution in [0.2, 0.25) is 0 Å². The molecule has 17 nitrogen and oxygen atoms in total. The number of amides is 2. The Balaban J connectivity index is 1.53. The Kier molecular flexibility index (Phi) is 9.46. The summed E-state index contributed by atoms with van der Waals surface area (Å²) in [5, 5.41) is 27.1. The molecule has 2 fully saturated rings. The molecule has 232 valence electrons. The number of aromatic nitrogens is 4. The molecule has 0 radical (unpaired) electrons. The topological polar surface area (TPSA) is 239 Å². The van der Waals surface area contributed by atoms with Crippen LogP contribution in [0.15, 0.2) is 6.33 Å². The third kappa shape index (κ3) is 6.69. The van der Waals surface area contributed by atoms with E-state index < -0.39 is 73.2 Å². The molecule has 19 heteroatoms. The molecule has 0 aliphatic carbocycles. The first kappa shape index (κ1) is 32.1. The van der Waals surface area contributed by atoms with Crippen LogP contribution >= 0.6 is 18.1 Å². The number of ether oxygens (including phenoxy) is 3. The minimum atomic E-state index is -4.00. The molecule has 2 aliphatic heterocycles. The van der Waals surface area contributed by atoms with E-state index in [1.807, 2.05) is 0 Å². The lowest BCUT2D eigenvalue weighted by Crippen LogP contribution is -2.44. The van der Waals surface area contributed by atoms with E-state index in [0.717, 1.165) is 11.4 Å². The molecule has 6 N–H and O–H groups in total. The number of esters is 1. The third-order valence-corrected chi connectivity index (χ3v) is 10.8. The molecule has 4 rings (SSSR count). The Labute approximate surface area is 244 Å². The maximum atomic E-state index is 13.9. The lowest BCUT2D eigenvalue weighted by Gasteiger charge is -2.27.